The molecule has 0 spiro atoms. The zero-order chi connectivity index (χ0) is 7.56. The fraction of sp³-hybridized carbons (Fsp3) is 0.500. The average molecular weight is 160 g/mol. The molecule has 0 bridgehead atoms. The highest BCUT2D eigenvalue weighted by Crippen LogP contribution is 2.10. The molecular formula is C6H8O3S. The molecule has 1 rings (SSSR count). The predicted octanol–water partition coefficient (Wildman–Crippen LogP) is 0.194. The van der Waals surface area contributed by atoms with E-state index in [9.17, 15) is 9.00 Å². The molecule has 1 heterocycles. The monoisotopic (exact) mass is 160 g/mol. The third kappa shape index (κ3) is 1.33. The van der Waals surface area contributed by atoms with E-state index >= 15 is 0 Å². The molecule has 0 aliphatic carbocycles. The van der Waals surface area contributed by atoms with Crippen molar-refractivity contribution >= 4 is 15.9 Å². The van der Waals surface area contributed by atoms with E-state index in [0.29, 0.717) is 6.61 Å². The van der Waals surface area contributed by atoms with Gasteiger partial charge in [0.05, 0.1) is 0 Å². The van der Waals surface area contributed by atoms with Crippen molar-refractivity contribution in [2.45, 2.75) is 12.4 Å². The maximum atomic E-state index is 10.9. The highest BCUT2D eigenvalue weighted by Gasteiger charge is 2.25. The van der Waals surface area contributed by atoms with Crippen molar-refractivity contribution in [3.63, 3.8) is 0 Å². The number of rotatable bonds is 2. The van der Waals surface area contributed by atoms with Crippen LogP contribution in [0.1, 0.15) is 6.92 Å². The van der Waals surface area contributed by atoms with Crippen molar-refractivity contribution in [2.24, 2.45) is 0 Å². The first kappa shape index (κ1) is 7.63. The van der Waals surface area contributed by atoms with Crippen LogP contribution in [0.2, 0.25) is 0 Å². The Balaban J connectivity index is 2.58. The van der Waals surface area contributed by atoms with Crippen molar-refractivity contribution in [3.8, 4) is 0 Å². The van der Waals surface area contributed by atoms with Gasteiger partial charge in [0, 0.05) is 6.61 Å². The molecule has 0 aromatic carbocycles. The van der Waals surface area contributed by atoms with Crippen LogP contribution < -0.4 is 0 Å². The van der Waals surface area contributed by atoms with Crippen LogP contribution in [-0.2, 0) is 20.3 Å². The summed E-state index contributed by atoms with van der Waals surface area (Å²) in [5.41, 5.74) is -0.502. The van der Waals surface area contributed by atoms with Crippen LogP contribution in [0.25, 0.3) is 0 Å². The molecule has 1 aliphatic heterocycles. The molecule has 0 aromatic rings. The van der Waals surface area contributed by atoms with E-state index in [1.807, 2.05) is 0 Å². The van der Waals surface area contributed by atoms with Gasteiger partial charge < -0.3 is 4.74 Å². The smallest absolute Gasteiger partial charge is 0.244 e. The summed E-state index contributed by atoms with van der Waals surface area (Å²) in [5.74, 6) is 0. The van der Waals surface area contributed by atoms with Gasteiger partial charge in [-0.15, -0.1) is 0 Å². The second-order valence-electron chi connectivity index (χ2n) is 1.80. The Bertz CT molecular complexity index is 197. The first-order chi connectivity index (χ1) is 4.75. The van der Waals surface area contributed by atoms with Crippen LogP contribution in [0.4, 0.5) is 0 Å². The van der Waals surface area contributed by atoms with Gasteiger partial charge in [0.15, 0.2) is 5.44 Å². The second-order valence-corrected chi connectivity index (χ2v) is 3.26. The topological polar surface area (TPSA) is 43.4 Å². The third-order valence-corrected chi connectivity index (χ3v) is 2.38. The number of hydrogen-bond donors (Lipinski definition) is 0. The molecule has 0 aromatic heterocycles. The Morgan fingerprint density at radius 3 is 2.90 bits per heavy atom. The summed E-state index contributed by atoms with van der Waals surface area (Å²) in [6.07, 6.45) is 2.83. The highest BCUT2D eigenvalue weighted by atomic mass is 32.2. The largest absolute Gasteiger partial charge is 0.361 e. The number of carbonyl (C=O) groups excluding carboxylic acids is 1. The van der Waals surface area contributed by atoms with Gasteiger partial charge in [0.1, 0.15) is 10.8 Å². The van der Waals surface area contributed by atoms with E-state index in [1.165, 1.54) is 12.2 Å². The Labute approximate surface area is 61.5 Å². The zero-order valence-electron chi connectivity index (χ0n) is 5.57. The fourth-order valence-electron chi connectivity index (χ4n) is 0.692. The van der Waals surface area contributed by atoms with Gasteiger partial charge in [-0.1, -0.05) is 0 Å². The van der Waals surface area contributed by atoms with Crippen molar-refractivity contribution < 1.29 is 13.7 Å². The fourth-order valence-corrected chi connectivity index (χ4v) is 1.61. The molecule has 10 heavy (non-hydrogen) atoms. The second kappa shape index (κ2) is 3.07. The molecule has 2 atom stereocenters. The van der Waals surface area contributed by atoms with E-state index in [4.69, 9.17) is 4.74 Å². The number of hydrogen-bond acceptors (Lipinski definition) is 3. The number of carbonyl (C=O) groups is 1. The molecular weight excluding hydrogens is 152 g/mol. The van der Waals surface area contributed by atoms with E-state index < -0.39 is 16.2 Å². The Hall–Kier alpha value is -0.480. The van der Waals surface area contributed by atoms with Crippen molar-refractivity contribution in [3.05, 3.63) is 12.2 Å². The van der Waals surface area contributed by atoms with E-state index in [0.717, 1.165) is 0 Å². The van der Waals surface area contributed by atoms with Crippen LogP contribution in [-0.4, -0.2) is 21.4 Å². The van der Waals surface area contributed by atoms with Crippen LogP contribution in [0.3, 0.4) is 0 Å². The van der Waals surface area contributed by atoms with Gasteiger partial charge >= 0.3 is 0 Å². The quantitative estimate of drug-likeness (QED) is 0.579. The summed E-state index contributed by atoms with van der Waals surface area (Å²) in [4.78, 5) is 10.6. The summed E-state index contributed by atoms with van der Waals surface area (Å²) >= 11 is 0. The Kier molecular flexibility index (Phi) is 2.34. The summed E-state index contributed by atoms with van der Waals surface area (Å²) in [6, 6.07) is 0. The lowest BCUT2D eigenvalue weighted by Crippen LogP contribution is -2.15. The van der Waals surface area contributed by atoms with E-state index in [-0.39, 0.29) is 5.12 Å². The van der Waals surface area contributed by atoms with Crippen LogP contribution in [0, 0.1) is 0 Å². The van der Waals surface area contributed by atoms with Gasteiger partial charge in [-0.05, 0) is 19.1 Å². The lowest BCUT2D eigenvalue weighted by molar-refractivity contribution is -0.107. The highest BCUT2D eigenvalue weighted by molar-refractivity contribution is 8.01. The predicted molar refractivity (Wildman–Crippen MR) is 37.7 cm³/mol. The molecule has 56 valence electrons. The van der Waals surface area contributed by atoms with Crippen LogP contribution in [0.15, 0.2) is 12.2 Å². The lowest BCUT2D eigenvalue weighted by atomic mass is 10.5. The van der Waals surface area contributed by atoms with E-state index in [1.54, 1.807) is 6.92 Å². The summed E-state index contributed by atoms with van der Waals surface area (Å²) in [7, 11) is -1.48. The minimum atomic E-state index is -1.48. The van der Waals surface area contributed by atoms with Crippen molar-refractivity contribution in [2.75, 3.05) is 6.61 Å². The zero-order valence-corrected chi connectivity index (χ0v) is 6.39. The molecule has 3 nitrogen and oxygen atoms in total. The third-order valence-electron chi connectivity index (χ3n) is 1.13. The maximum absolute atomic E-state index is 10.9. The molecule has 0 saturated heterocycles. The molecule has 0 radical (unpaired) electrons. The summed E-state index contributed by atoms with van der Waals surface area (Å²) in [5, 5.41) is -0.349. The lowest BCUT2D eigenvalue weighted by Gasteiger charge is -2.03. The minimum absolute atomic E-state index is 0.349. The standard InChI is InChI=1S/C6H8O3S/c1-2-9-6-4-3-5(7)10(6)8/h3-4,6H,2H2,1H3. The first-order valence-corrected chi connectivity index (χ1v) is 4.21. The molecule has 2 unspecified atom stereocenters. The minimum Gasteiger partial charge on any atom is -0.361 e. The van der Waals surface area contributed by atoms with Gasteiger partial charge in [0.2, 0.25) is 5.12 Å². The van der Waals surface area contributed by atoms with Gasteiger partial charge in [-0.2, -0.15) is 0 Å². The van der Waals surface area contributed by atoms with Crippen molar-refractivity contribution in [1.29, 1.82) is 0 Å². The molecule has 0 saturated carbocycles. The van der Waals surface area contributed by atoms with Crippen LogP contribution in [0.5, 0.6) is 0 Å². The first-order valence-electron chi connectivity index (χ1n) is 3.00. The summed E-state index contributed by atoms with van der Waals surface area (Å²) < 4.78 is 15.8. The molecule has 4 heteroatoms. The average Bonchev–Trinajstić information content (AvgIpc) is 2.20. The van der Waals surface area contributed by atoms with Gasteiger partial charge in [-0.3, -0.25) is 4.79 Å². The SMILES string of the molecule is CCOC1C=CC(=O)S1=O. The molecule has 1 aliphatic rings. The normalized spacial score (nSPS) is 31.5. The summed E-state index contributed by atoms with van der Waals surface area (Å²) in [6.45, 7) is 2.28. The van der Waals surface area contributed by atoms with Gasteiger partial charge in [-0.25, -0.2) is 4.21 Å². The molecule has 0 N–H and O–H groups in total. The van der Waals surface area contributed by atoms with Gasteiger partial charge in [0.25, 0.3) is 0 Å². The van der Waals surface area contributed by atoms with Crippen LogP contribution >= 0.6 is 0 Å². The Morgan fingerprint density at radius 2 is 2.50 bits per heavy atom. The Morgan fingerprint density at radius 1 is 1.80 bits per heavy atom. The van der Waals surface area contributed by atoms with E-state index in [2.05, 4.69) is 0 Å². The molecule has 0 fully saturated rings. The molecule has 0 amide bonds. The maximum Gasteiger partial charge on any atom is 0.244 e. The van der Waals surface area contributed by atoms with Crippen molar-refractivity contribution in [1.82, 2.24) is 0 Å². The number of ether oxygens (including phenoxy) is 1.